The van der Waals surface area contributed by atoms with Crippen LogP contribution < -0.4 is 14.5 Å². The molecule has 2 aromatic carbocycles. The molecular weight excluding hydrogens is 384 g/mol. The highest BCUT2D eigenvalue weighted by Crippen LogP contribution is 2.32. The third kappa shape index (κ3) is 3.58. The molecule has 7 nitrogen and oxygen atoms in total. The van der Waals surface area contributed by atoms with Gasteiger partial charge in [-0.05, 0) is 49.2 Å². The van der Waals surface area contributed by atoms with Crippen molar-refractivity contribution in [1.29, 1.82) is 0 Å². The van der Waals surface area contributed by atoms with Crippen LogP contribution in [0.1, 0.15) is 30.4 Å². The number of aryl methyl sites for hydroxylation is 2. The largest absolute Gasteiger partial charge is 0.426 e. The number of para-hydroxylation sites is 1. The maximum Gasteiger partial charge on any atom is 0.316 e. The number of nitrogens with zero attached hydrogens (tertiary/aromatic N) is 2. The van der Waals surface area contributed by atoms with Crippen molar-refractivity contribution in [2.75, 3.05) is 16.3 Å². The van der Waals surface area contributed by atoms with E-state index in [0.717, 1.165) is 21.7 Å². The fourth-order valence-corrected chi connectivity index (χ4v) is 4.04. The minimum absolute atomic E-state index is 0.0987. The predicted octanol–water partition coefficient (Wildman–Crippen LogP) is 2.92. The van der Waals surface area contributed by atoms with E-state index in [1.165, 1.54) is 0 Å². The highest BCUT2D eigenvalue weighted by atomic mass is 16.5. The standard InChI is InChI=1S/C23H22N2O5/c1-14-4-3-5-15(2)22(14)24-13-16(12-21(24)28)23(29)30-18-8-6-17(7-9-18)25-19(26)10-11-20(25)27/h3-9,16H,10-13H2,1-2H3/t16-/m0/s1. The Kier molecular flexibility index (Phi) is 5.11. The summed E-state index contributed by atoms with van der Waals surface area (Å²) < 4.78 is 5.46. The third-order valence-corrected chi connectivity index (χ3v) is 5.53. The molecule has 0 bridgehead atoms. The Morgan fingerprint density at radius 1 is 0.900 bits per heavy atom. The second-order valence-corrected chi connectivity index (χ2v) is 7.68. The Hall–Kier alpha value is -3.48. The van der Waals surface area contributed by atoms with E-state index in [4.69, 9.17) is 4.74 Å². The fraction of sp³-hybridized carbons (Fsp3) is 0.304. The lowest BCUT2D eigenvalue weighted by Gasteiger charge is -2.21. The van der Waals surface area contributed by atoms with Gasteiger partial charge in [0.15, 0.2) is 0 Å². The Morgan fingerprint density at radius 2 is 1.50 bits per heavy atom. The molecule has 2 fully saturated rings. The molecule has 2 aliphatic rings. The molecule has 154 valence electrons. The summed E-state index contributed by atoms with van der Waals surface area (Å²) in [6, 6.07) is 12.1. The van der Waals surface area contributed by atoms with E-state index in [9.17, 15) is 19.2 Å². The lowest BCUT2D eigenvalue weighted by molar-refractivity contribution is -0.139. The van der Waals surface area contributed by atoms with Gasteiger partial charge < -0.3 is 9.64 Å². The number of hydrogen-bond donors (Lipinski definition) is 0. The first-order valence-electron chi connectivity index (χ1n) is 9.89. The van der Waals surface area contributed by atoms with Gasteiger partial charge in [-0.2, -0.15) is 0 Å². The lowest BCUT2D eigenvalue weighted by Crippen LogP contribution is -2.29. The van der Waals surface area contributed by atoms with Crippen LogP contribution in [0.4, 0.5) is 11.4 Å². The summed E-state index contributed by atoms with van der Waals surface area (Å²) in [5.41, 5.74) is 3.28. The zero-order valence-corrected chi connectivity index (χ0v) is 16.9. The Bertz CT molecular complexity index is 1010. The minimum Gasteiger partial charge on any atom is -0.426 e. The topological polar surface area (TPSA) is 84.0 Å². The summed E-state index contributed by atoms with van der Waals surface area (Å²) in [7, 11) is 0. The van der Waals surface area contributed by atoms with Gasteiger partial charge in [-0.1, -0.05) is 18.2 Å². The Labute approximate surface area is 174 Å². The van der Waals surface area contributed by atoms with Crippen molar-refractivity contribution in [3.05, 3.63) is 53.6 Å². The van der Waals surface area contributed by atoms with E-state index in [1.807, 2.05) is 32.0 Å². The molecule has 2 saturated heterocycles. The van der Waals surface area contributed by atoms with Crippen molar-refractivity contribution < 1.29 is 23.9 Å². The molecule has 3 amide bonds. The summed E-state index contributed by atoms with van der Waals surface area (Å²) in [6.45, 7) is 4.16. The summed E-state index contributed by atoms with van der Waals surface area (Å²) in [4.78, 5) is 51.6. The number of imide groups is 1. The molecule has 2 heterocycles. The van der Waals surface area contributed by atoms with Crippen LogP contribution in [-0.4, -0.2) is 30.2 Å². The first-order chi connectivity index (χ1) is 14.3. The van der Waals surface area contributed by atoms with E-state index >= 15 is 0 Å². The van der Waals surface area contributed by atoms with E-state index in [1.54, 1.807) is 29.2 Å². The van der Waals surface area contributed by atoms with Crippen LogP contribution >= 0.6 is 0 Å². The van der Waals surface area contributed by atoms with Crippen LogP contribution in [0.5, 0.6) is 5.75 Å². The maximum absolute atomic E-state index is 12.6. The predicted molar refractivity (Wildman–Crippen MR) is 110 cm³/mol. The molecule has 30 heavy (non-hydrogen) atoms. The van der Waals surface area contributed by atoms with Gasteiger partial charge in [-0.25, -0.2) is 0 Å². The molecule has 2 aliphatic heterocycles. The van der Waals surface area contributed by atoms with Crippen LogP contribution in [0.15, 0.2) is 42.5 Å². The van der Waals surface area contributed by atoms with E-state index in [2.05, 4.69) is 0 Å². The number of anilines is 2. The first-order valence-corrected chi connectivity index (χ1v) is 9.89. The summed E-state index contributed by atoms with van der Waals surface area (Å²) in [6.07, 6.45) is 0.520. The number of benzene rings is 2. The van der Waals surface area contributed by atoms with Crippen molar-refractivity contribution in [1.82, 2.24) is 0 Å². The fourth-order valence-electron chi connectivity index (χ4n) is 4.04. The van der Waals surface area contributed by atoms with Gasteiger partial charge in [0.05, 0.1) is 11.6 Å². The molecule has 2 aromatic rings. The molecule has 0 radical (unpaired) electrons. The van der Waals surface area contributed by atoms with Crippen LogP contribution in [0, 0.1) is 19.8 Å². The van der Waals surface area contributed by atoms with Gasteiger partial charge in [0.1, 0.15) is 5.75 Å². The zero-order valence-electron chi connectivity index (χ0n) is 16.9. The molecule has 0 spiro atoms. The lowest BCUT2D eigenvalue weighted by atomic mass is 10.1. The SMILES string of the molecule is Cc1cccc(C)c1N1C[C@@H](C(=O)Oc2ccc(N3C(=O)CCC3=O)cc2)CC1=O. The molecule has 0 aliphatic carbocycles. The molecule has 7 heteroatoms. The maximum atomic E-state index is 12.6. The smallest absolute Gasteiger partial charge is 0.316 e. The normalized spacial score (nSPS) is 19.0. The number of ether oxygens (including phenoxy) is 1. The van der Waals surface area contributed by atoms with Gasteiger partial charge in [0, 0.05) is 31.5 Å². The van der Waals surface area contributed by atoms with Crippen molar-refractivity contribution in [2.45, 2.75) is 33.1 Å². The van der Waals surface area contributed by atoms with Crippen molar-refractivity contribution >= 4 is 35.1 Å². The van der Waals surface area contributed by atoms with Crippen molar-refractivity contribution in [2.24, 2.45) is 5.92 Å². The molecular formula is C23H22N2O5. The van der Waals surface area contributed by atoms with E-state index in [0.29, 0.717) is 11.4 Å². The van der Waals surface area contributed by atoms with E-state index in [-0.39, 0.29) is 43.5 Å². The molecule has 0 aromatic heterocycles. The van der Waals surface area contributed by atoms with Crippen LogP contribution in [-0.2, 0) is 19.2 Å². The van der Waals surface area contributed by atoms with Gasteiger partial charge >= 0.3 is 5.97 Å². The number of carbonyl (C=O) groups is 4. The highest BCUT2D eigenvalue weighted by molar-refractivity contribution is 6.19. The Balaban J connectivity index is 1.44. The third-order valence-electron chi connectivity index (χ3n) is 5.53. The average Bonchev–Trinajstić information content (AvgIpc) is 3.25. The van der Waals surface area contributed by atoms with Gasteiger partial charge in [0.25, 0.3) is 0 Å². The highest BCUT2D eigenvalue weighted by Gasteiger charge is 2.37. The molecule has 0 saturated carbocycles. The van der Waals surface area contributed by atoms with Crippen molar-refractivity contribution in [3.8, 4) is 5.75 Å². The molecule has 1 atom stereocenters. The minimum atomic E-state index is -0.557. The second kappa shape index (κ2) is 7.74. The monoisotopic (exact) mass is 406 g/mol. The molecule has 0 unspecified atom stereocenters. The number of hydrogen-bond acceptors (Lipinski definition) is 5. The first kappa shape index (κ1) is 19.8. The van der Waals surface area contributed by atoms with Gasteiger partial charge in [-0.3, -0.25) is 24.1 Å². The van der Waals surface area contributed by atoms with Crippen LogP contribution in [0.3, 0.4) is 0 Å². The van der Waals surface area contributed by atoms with Gasteiger partial charge in [0.2, 0.25) is 17.7 Å². The zero-order chi connectivity index (χ0) is 21.4. The summed E-state index contributed by atoms with van der Waals surface area (Å²) in [5.74, 6) is -1.30. The quantitative estimate of drug-likeness (QED) is 0.443. The Morgan fingerprint density at radius 3 is 2.10 bits per heavy atom. The number of amides is 3. The average molecular weight is 406 g/mol. The molecule has 4 rings (SSSR count). The van der Waals surface area contributed by atoms with E-state index < -0.39 is 11.9 Å². The number of esters is 1. The van der Waals surface area contributed by atoms with Crippen molar-refractivity contribution in [3.63, 3.8) is 0 Å². The number of rotatable bonds is 4. The van der Waals surface area contributed by atoms with Crippen LogP contribution in [0.25, 0.3) is 0 Å². The number of carbonyl (C=O) groups excluding carboxylic acids is 4. The summed E-state index contributed by atoms with van der Waals surface area (Å²) >= 11 is 0. The molecule has 0 N–H and O–H groups in total. The summed E-state index contributed by atoms with van der Waals surface area (Å²) in [5, 5.41) is 0. The van der Waals surface area contributed by atoms with Crippen LogP contribution in [0.2, 0.25) is 0 Å². The second-order valence-electron chi connectivity index (χ2n) is 7.68. The van der Waals surface area contributed by atoms with Gasteiger partial charge in [-0.15, -0.1) is 0 Å².